The Labute approximate surface area is 207 Å². The third-order valence-corrected chi connectivity index (χ3v) is 6.18. The van der Waals surface area contributed by atoms with E-state index in [9.17, 15) is 22.8 Å². The number of carbonyl (C=O) groups is 2. The summed E-state index contributed by atoms with van der Waals surface area (Å²) in [4.78, 5) is 28.7. The molecule has 0 aliphatic carbocycles. The second-order valence-electron chi connectivity index (χ2n) is 9.59. The second kappa shape index (κ2) is 9.50. The maximum atomic E-state index is 13.2. The average Bonchev–Trinajstić information content (AvgIpc) is 2.79. The van der Waals surface area contributed by atoms with Gasteiger partial charge in [0, 0.05) is 50.5 Å². The Morgan fingerprint density at radius 2 is 1.97 bits per heavy atom. The fraction of sp³-hybridized carbons (Fsp3) is 0.385. The number of nitrogens with zero attached hydrogens (tertiary/aromatic N) is 2. The van der Waals surface area contributed by atoms with E-state index in [1.54, 1.807) is 37.9 Å². The van der Waals surface area contributed by atoms with Crippen LogP contribution in [0.25, 0.3) is 5.57 Å². The zero-order valence-corrected chi connectivity index (χ0v) is 20.3. The van der Waals surface area contributed by atoms with Crippen LogP contribution in [0, 0.1) is 0 Å². The number of carbonyl (C=O) groups excluding carboxylic acids is 2. The molecular formula is C26H28F3N3O4. The predicted octanol–water partition coefficient (Wildman–Crippen LogP) is 5.04. The summed E-state index contributed by atoms with van der Waals surface area (Å²) in [5, 5.41) is 11.9. The summed E-state index contributed by atoms with van der Waals surface area (Å²) < 4.78 is 45.3. The molecule has 3 amide bonds. The van der Waals surface area contributed by atoms with Crippen LogP contribution in [-0.4, -0.2) is 47.7 Å². The Morgan fingerprint density at radius 3 is 2.67 bits per heavy atom. The van der Waals surface area contributed by atoms with Crippen LogP contribution in [0.4, 0.5) is 29.3 Å². The SMILES string of the molecule is CN1C(=O)N(CCCO)Cc2ccc(NC(=O)C=C3CC(C)(C)Oc4cc(C(F)(F)F)ccc43)cc21. The molecular weight excluding hydrogens is 475 g/mol. The summed E-state index contributed by atoms with van der Waals surface area (Å²) >= 11 is 0. The molecule has 0 atom stereocenters. The number of anilines is 2. The normalized spacial score (nSPS) is 18.0. The van der Waals surface area contributed by atoms with E-state index < -0.39 is 23.2 Å². The topological polar surface area (TPSA) is 82.1 Å². The van der Waals surface area contributed by atoms with Gasteiger partial charge in [-0.05, 0) is 55.7 Å². The van der Waals surface area contributed by atoms with Crippen molar-refractivity contribution in [2.24, 2.45) is 0 Å². The Bertz CT molecular complexity index is 1220. The molecule has 2 N–H and O–H groups in total. The van der Waals surface area contributed by atoms with Crippen molar-refractivity contribution in [2.75, 3.05) is 30.4 Å². The lowest BCUT2D eigenvalue weighted by molar-refractivity contribution is -0.137. The van der Waals surface area contributed by atoms with Crippen LogP contribution in [0.1, 0.15) is 43.4 Å². The Kier molecular flexibility index (Phi) is 6.74. The summed E-state index contributed by atoms with van der Waals surface area (Å²) in [6.45, 7) is 4.35. The third kappa shape index (κ3) is 5.33. The Balaban J connectivity index is 1.56. The van der Waals surface area contributed by atoms with Crippen molar-refractivity contribution in [1.82, 2.24) is 4.90 Å². The van der Waals surface area contributed by atoms with Gasteiger partial charge < -0.3 is 20.1 Å². The van der Waals surface area contributed by atoms with E-state index in [2.05, 4.69) is 5.32 Å². The van der Waals surface area contributed by atoms with Gasteiger partial charge in [-0.15, -0.1) is 0 Å². The Hall–Kier alpha value is -3.53. The quantitative estimate of drug-likeness (QED) is 0.560. The van der Waals surface area contributed by atoms with Crippen LogP contribution in [0.5, 0.6) is 5.75 Å². The highest BCUT2D eigenvalue weighted by Gasteiger charge is 2.35. The zero-order valence-electron chi connectivity index (χ0n) is 20.3. The van der Waals surface area contributed by atoms with Crippen LogP contribution in [-0.2, 0) is 17.5 Å². The third-order valence-electron chi connectivity index (χ3n) is 6.18. The van der Waals surface area contributed by atoms with Gasteiger partial charge in [0.15, 0.2) is 0 Å². The van der Waals surface area contributed by atoms with E-state index in [0.29, 0.717) is 48.4 Å². The lowest BCUT2D eigenvalue weighted by Crippen LogP contribution is -2.45. The van der Waals surface area contributed by atoms with Gasteiger partial charge in [0.25, 0.3) is 0 Å². The molecule has 2 aromatic rings. The molecule has 2 aliphatic heterocycles. The molecule has 7 nitrogen and oxygen atoms in total. The summed E-state index contributed by atoms with van der Waals surface area (Å²) in [5.74, 6) is -0.359. The molecule has 4 rings (SSSR count). The van der Waals surface area contributed by atoms with Gasteiger partial charge in [0.1, 0.15) is 11.4 Å². The standard InChI is InChI=1S/C26H28F3N3O4/c1-25(2)14-17(20-8-6-18(26(27,28)29)12-22(20)36-25)11-23(34)30-19-7-5-16-15-32(9-4-10-33)24(35)31(3)21(16)13-19/h5-8,11-13,33H,4,9-10,14-15H2,1-3H3,(H,30,34). The van der Waals surface area contributed by atoms with Crippen LogP contribution in [0.3, 0.4) is 0 Å². The van der Waals surface area contributed by atoms with E-state index in [4.69, 9.17) is 9.84 Å². The van der Waals surface area contributed by atoms with Crippen molar-refractivity contribution in [3.05, 3.63) is 59.2 Å². The molecule has 36 heavy (non-hydrogen) atoms. The van der Waals surface area contributed by atoms with Crippen molar-refractivity contribution in [1.29, 1.82) is 0 Å². The number of aliphatic hydroxyl groups is 1. The van der Waals surface area contributed by atoms with Crippen molar-refractivity contribution >= 4 is 28.9 Å². The molecule has 2 heterocycles. The van der Waals surface area contributed by atoms with Crippen LogP contribution in [0.2, 0.25) is 0 Å². The minimum Gasteiger partial charge on any atom is -0.487 e. The fourth-order valence-corrected chi connectivity index (χ4v) is 4.51. The second-order valence-corrected chi connectivity index (χ2v) is 9.59. The smallest absolute Gasteiger partial charge is 0.416 e. The minimum absolute atomic E-state index is 0.00188. The van der Waals surface area contributed by atoms with Crippen molar-refractivity contribution in [3.8, 4) is 5.75 Å². The number of nitrogens with one attached hydrogen (secondary N) is 1. The fourth-order valence-electron chi connectivity index (χ4n) is 4.51. The number of aliphatic hydroxyl groups excluding tert-OH is 1. The number of hydrogen-bond donors (Lipinski definition) is 2. The maximum Gasteiger partial charge on any atom is 0.416 e. The molecule has 2 aromatic carbocycles. The molecule has 0 bridgehead atoms. The lowest BCUT2D eigenvalue weighted by atomic mass is 9.88. The number of rotatable bonds is 5. The monoisotopic (exact) mass is 503 g/mol. The van der Waals surface area contributed by atoms with Crippen LogP contribution >= 0.6 is 0 Å². The molecule has 0 saturated heterocycles. The number of hydrogen-bond acceptors (Lipinski definition) is 4. The van der Waals surface area contributed by atoms with E-state index >= 15 is 0 Å². The van der Waals surface area contributed by atoms with Gasteiger partial charge in [-0.25, -0.2) is 4.79 Å². The molecule has 0 aromatic heterocycles. The molecule has 0 saturated carbocycles. The summed E-state index contributed by atoms with van der Waals surface area (Å²) in [6, 6.07) is 8.35. The number of ether oxygens (including phenoxy) is 1. The lowest BCUT2D eigenvalue weighted by Gasteiger charge is -2.35. The molecule has 0 unspecified atom stereocenters. The largest absolute Gasteiger partial charge is 0.487 e. The first-order valence-corrected chi connectivity index (χ1v) is 11.6. The van der Waals surface area contributed by atoms with Crippen LogP contribution in [0.15, 0.2) is 42.5 Å². The summed E-state index contributed by atoms with van der Waals surface area (Å²) in [7, 11) is 1.65. The van der Waals surface area contributed by atoms with Gasteiger partial charge in [-0.2, -0.15) is 13.2 Å². The number of amides is 3. The highest BCUT2D eigenvalue weighted by atomic mass is 19.4. The first-order chi connectivity index (χ1) is 16.9. The van der Waals surface area contributed by atoms with Gasteiger partial charge in [-0.1, -0.05) is 12.1 Å². The highest BCUT2D eigenvalue weighted by Crippen LogP contribution is 2.43. The molecule has 0 spiro atoms. The minimum atomic E-state index is -4.50. The highest BCUT2D eigenvalue weighted by molar-refractivity contribution is 6.05. The summed E-state index contributed by atoms with van der Waals surface area (Å²) in [6.07, 6.45) is -2.30. The molecule has 2 aliphatic rings. The number of alkyl halides is 3. The van der Waals surface area contributed by atoms with E-state index in [1.165, 1.54) is 17.0 Å². The molecule has 0 radical (unpaired) electrons. The predicted molar refractivity (Wildman–Crippen MR) is 130 cm³/mol. The van der Waals surface area contributed by atoms with Gasteiger partial charge in [0.2, 0.25) is 5.91 Å². The number of benzene rings is 2. The molecule has 10 heteroatoms. The van der Waals surface area contributed by atoms with Crippen LogP contribution < -0.4 is 15.0 Å². The maximum absolute atomic E-state index is 13.2. The number of fused-ring (bicyclic) bond motifs is 2. The van der Waals surface area contributed by atoms with Gasteiger partial charge >= 0.3 is 12.2 Å². The number of halogens is 3. The first-order valence-electron chi connectivity index (χ1n) is 11.6. The van der Waals surface area contributed by atoms with E-state index in [-0.39, 0.29) is 18.4 Å². The van der Waals surface area contributed by atoms with Crippen molar-refractivity contribution < 1.29 is 32.6 Å². The van der Waals surface area contributed by atoms with E-state index in [0.717, 1.165) is 17.7 Å². The average molecular weight is 504 g/mol. The molecule has 0 fully saturated rings. The van der Waals surface area contributed by atoms with Gasteiger partial charge in [-0.3, -0.25) is 9.69 Å². The molecule has 192 valence electrons. The van der Waals surface area contributed by atoms with Crippen molar-refractivity contribution in [3.63, 3.8) is 0 Å². The van der Waals surface area contributed by atoms with Crippen molar-refractivity contribution in [2.45, 2.75) is 45.0 Å². The summed E-state index contributed by atoms with van der Waals surface area (Å²) in [5.41, 5.74) is 1.46. The first kappa shape index (κ1) is 25.6. The van der Waals surface area contributed by atoms with E-state index in [1.807, 2.05) is 6.07 Å². The van der Waals surface area contributed by atoms with Gasteiger partial charge in [0.05, 0.1) is 11.3 Å². The number of urea groups is 1. The Morgan fingerprint density at radius 1 is 1.22 bits per heavy atom. The zero-order chi connectivity index (χ0) is 26.3.